The molecule has 0 bridgehead atoms. The smallest absolute Gasteiger partial charge is 0.337 e. The molecule has 2 N–H and O–H groups in total. The fraction of sp³-hybridized carbons (Fsp3) is 0.286. The molecule has 0 aliphatic heterocycles. The zero-order valence-corrected chi connectivity index (χ0v) is 10.6. The van der Waals surface area contributed by atoms with Crippen molar-refractivity contribution in [1.29, 1.82) is 0 Å². The number of fused-ring (bicyclic) bond motifs is 1. The van der Waals surface area contributed by atoms with Crippen molar-refractivity contribution < 1.29 is 19.4 Å². The van der Waals surface area contributed by atoms with E-state index in [1.54, 1.807) is 12.1 Å². The third kappa shape index (κ3) is 2.93. The molecule has 19 heavy (non-hydrogen) atoms. The van der Waals surface area contributed by atoms with Gasteiger partial charge in [-0.05, 0) is 30.5 Å². The summed E-state index contributed by atoms with van der Waals surface area (Å²) in [6, 6.07) is 5.30. The van der Waals surface area contributed by atoms with Gasteiger partial charge in [-0.1, -0.05) is 6.07 Å². The van der Waals surface area contributed by atoms with Crippen LogP contribution >= 0.6 is 0 Å². The van der Waals surface area contributed by atoms with Crippen molar-refractivity contribution in [1.82, 2.24) is 4.98 Å². The number of aromatic nitrogens is 1. The van der Waals surface area contributed by atoms with E-state index in [2.05, 4.69) is 9.72 Å². The van der Waals surface area contributed by atoms with Crippen LogP contribution in [0.3, 0.4) is 0 Å². The summed E-state index contributed by atoms with van der Waals surface area (Å²) >= 11 is 0. The molecule has 1 aromatic carbocycles. The number of benzene rings is 1. The van der Waals surface area contributed by atoms with Crippen LogP contribution in [0.25, 0.3) is 10.9 Å². The molecule has 100 valence electrons. The van der Waals surface area contributed by atoms with Crippen molar-refractivity contribution in [3.63, 3.8) is 0 Å². The lowest BCUT2D eigenvalue weighted by atomic mass is 10.1. The number of nitrogens with one attached hydrogen (secondary N) is 1. The van der Waals surface area contributed by atoms with Gasteiger partial charge in [-0.25, -0.2) is 4.79 Å². The Kier molecular flexibility index (Phi) is 3.85. The van der Waals surface area contributed by atoms with E-state index in [1.807, 2.05) is 12.3 Å². The molecular formula is C14H15NO4. The van der Waals surface area contributed by atoms with Gasteiger partial charge in [0.2, 0.25) is 0 Å². The Morgan fingerprint density at radius 1 is 1.37 bits per heavy atom. The van der Waals surface area contributed by atoms with E-state index < -0.39 is 5.97 Å². The number of aliphatic carboxylic acids is 1. The molecule has 0 saturated carbocycles. The Bertz CT molecular complexity index is 615. The number of carbonyl (C=O) groups excluding carboxylic acids is 1. The molecule has 0 amide bonds. The van der Waals surface area contributed by atoms with E-state index in [-0.39, 0.29) is 12.4 Å². The number of methoxy groups -OCH3 is 1. The van der Waals surface area contributed by atoms with Crippen molar-refractivity contribution in [2.75, 3.05) is 7.11 Å². The monoisotopic (exact) mass is 261 g/mol. The molecule has 5 heteroatoms. The number of aromatic amines is 1. The molecule has 1 heterocycles. The summed E-state index contributed by atoms with van der Waals surface area (Å²) in [4.78, 5) is 25.0. The molecule has 0 aliphatic carbocycles. The van der Waals surface area contributed by atoms with Crippen LogP contribution in [-0.2, 0) is 16.0 Å². The van der Waals surface area contributed by atoms with E-state index >= 15 is 0 Å². The third-order valence-electron chi connectivity index (χ3n) is 3.03. The average molecular weight is 261 g/mol. The molecule has 0 radical (unpaired) electrons. The first-order valence-corrected chi connectivity index (χ1v) is 6.02. The largest absolute Gasteiger partial charge is 0.481 e. The summed E-state index contributed by atoms with van der Waals surface area (Å²) in [6.07, 6.45) is 3.31. The van der Waals surface area contributed by atoms with Gasteiger partial charge >= 0.3 is 11.9 Å². The second kappa shape index (κ2) is 5.56. The van der Waals surface area contributed by atoms with Gasteiger partial charge in [0.05, 0.1) is 12.7 Å². The summed E-state index contributed by atoms with van der Waals surface area (Å²) in [7, 11) is 1.35. The zero-order valence-electron chi connectivity index (χ0n) is 10.6. The lowest BCUT2D eigenvalue weighted by Crippen LogP contribution is -2.00. The van der Waals surface area contributed by atoms with Crippen LogP contribution in [-0.4, -0.2) is 29.1 Å². The van der Waals surface area contributed by atoms with Gasteiger partial charge in [0, 0.05) is 23.5 Å². The number of carbonyl (C=O) groups is 2. The van der Waals surface area contributed by atoms with Crippen molar-refractivity contribution in [2.45, 2.75) is 19.3 Å². The Hall–Kier alpha value is -2.30. The number of carboxylic acid groups (broad SMARTS) is 1. The predicted molar refractivity (Wildman–Crippen MR) is 70.2 cm³/mol. The van der Waals surface area contributed by atoms with Crippen molar-refractivity contribution in [3.05, 3.63) is 35.5 Å². The van der Waals surface area contributed by atoms with Crippen molar-refractivity contribution in [3.8, 4) is 0 Å². The summed E-state index contributed by atoms with van der Waals surface area (Å²) in [5.41, 5.74) is 2.41. The minimum atomic E-state index is -0.784. The van der Waals surface area contributed by atoms with Crippen LogP contribution in [0.2, 0.25) is 0 Å². The average Bonchev–Trinajstić information content (AvgIpc) is 2.80. The Labute approximate surface area is 110 Å². The summed E-state index contributed by atoms with van der Waals surface area (Å²) in [6.45, 7) is 0. The standard InChI is InChI=1S/C14H15NO4/c1-19-14(18)9-5-6-11-10(3-2-4-13(16)17)8-15-12(11)7-9/h5-8,15H,2-4H2,1H3,(H,16,17). The molecule has 0 unspecified atom stereocenters. The maximum Gasteiger partial charge on any atom is 0.337 e. The number of esters is 1. The highest BCUT2D eigenvalue weighted by atomic mass is 16.5. The summed E-state index contributed by atoms with van der Waals surface area (Å²) in [5.74, 6) is -1.16. The van der Waals surface area contributed by atoms with E-state index in [0.717, 1.165) is 16.5 Å². The summed E-state index contributed by atoms with van der Waals surface area (Å²) < 4.78 is 4.67. The molecule has 2 rings (SSSR count). The van der Waals surface area contributed by atoms with Gasteiger partial charge in [0.25, 0.3) is 0 Å². The first-order valence-electron chi connectivity index (χ1n) is 6.02. The Morgan fingerprint density at radius 2 is 2.16 bits per heavy atom. The van der Waals surface area contributed by atoms with Gasteiger partial charge in [-0.3, -0.25) is 4.79 Å². The molecule has 5 nitrogen and oxygen atoms in total. The van der Waals surface area contributed by atoms with Crippen LogP contribution in [0, 0.1) is 0 Å². The molecule has 0 fully saturated rings. The predicted octanol–water partition coefficient (Wildman–Crippen LogP) is 2.36. The number of aryl methyl sites for hydroxylation is 1. The van der Waals surface area contributed by atoms with Gasteiger partial charge in [-0.15, -0.1) is 0 Å². The highest BCUT2D eigenvalue weighted by molar-refractivity contribution is 5.95. The van der Waals surface area contributed by atoms with Gasteiger partial charge in [-0.2, -0.15) is 0 Å². The SMILES string of the molecule is COC(=O)c1ccc2c(CCCC(=O)O)c[nH]c2c1. The number of hydrogen-bond acceptors (Lipinski definition) is 3. The van der Waals surface area contributed by atoms with Gasteiger partial charge < -0.3 is 14.8 Å². The number of carboxylic acids is 1. The molecule has 2 aromatic rings. The van der Waals surface area contributed by atoms with E-state index in [9.17, 15) is 9.59 Å². The van der Waals surface area contributed by atoms with E-state index in [0.29, 0.717) is 18.4 Å². The third-order valence-corrected chi connectivity index (χ3v) is 3.03. The first kappa shape index (κ1) is 13.1. The first-order chi connectivity index (χ1) is 9.11. The maximum absolute atomic E-state index is 11.4. The van der Waals surface area contributed by atoms with Crippen LogP contribution in [0.5, 0.6) is 0 Å². The van der Waals surface area contributed by atoms with Crippen molar-refractivity contribution in [2.24, 2.45) is 0 Å². The number of ether oxygens (including phenoxy) is 1. The molecule has 0 spiro atoms. The highest BCUT2D eigenvalue weighted by Gasteiger charge is 2.09. The minimum absolute atomic E-state index is 0.160. The maximum atomic E-state index is 11.4. The lowest BCUT2D eigenvalue weighted by molar-refractivity contribution is -0.137. The van der Waals surface area contributed by atoms with Crippen LogP contribution in [0.1, 0.15) is 28.8 Å². The van der Waals surface area contributed by atoms with Crippen LogP contribution in [0.4, 0.5) is 0 Å². The Morgan fingerprint density at radius 3 is 2.84 bits per heavy atom. The molecular weight excluding hydrogens is 246 g/mol. The molecule has 0 aliphatic rings. The molecule has 0 saturated heterocycles. The van der Waals surface area contributed by atoms with Gasteiger partial charge in [0.15, 0.2) is 0 Å². The normalized spacial score (nSPS) is 10.6. The van der Waals surface area contributed by atoms with Crippen molar-refractivity contribution >= 4 is 22.8 Å². The van der Waals surface area contributed by atoms with Gasteiger partial charge in [0.1, 0.15) is 0 Å². The fourth-order valence-electron chi connectivity index (χ4n) is 2.07. The number of H-pyrrole nitrogens is 1. The summed E-state index contributed by atoms with van der Waals surface area (Å²) in [5, 5.41) is 9.63. The quantitative estimate of drug-likeness (QED) is 0.810. The number of hydrogen-bond donors (Lipinski definition) is 2. The Balaban J connectivity index is 2.19. The zero-order chi connectivity index (χ0) is 13.8. The fourth-order valence-corrected chi connectivity index (χ4v) is 2.07. The number of rotatable bonds is 5. The van der Waals surface area contributed by atoms with Crippen LogP contribution in [0.15, 0.2) is 24.4 Å². The topological polar surface area (TPSA) is 79.4 Å². The molecule has 0 atom stereocenters. The lowest BCUT2D eigenvalue weighted by Gasteiger charge is -2.00. The second-order valence-corrected chi connectivity index (χ2v) is 4.31. The second-order valence-electron chi connectivity index (χ2n) is 4.31. The van der Waals surface area contributed by atoms with Crippen LogP contribution < -0.4 is 0 Å². The van der Waals surface area contributed by atoms with E-state index in [1.165, 1.54) is 7.11 Å². The minimum Gasteiger partial charge on any atom is -0.481 e. The highest BCUT2D eigenvalue weighted by Crippen LogP contribution is 2.21. The van der Waals surface area contributed by atoms with E-state index in [4.69, 9.17) is 5.11 Å². The molecule has 1 aromatic heterocycles.